The molecular weight excluding hydrogens is 207 g/mol. The SMILES string of the molecule is C=C(CCCC(=O)O)c1ccc(C)cc1F. The van der Waals surface area contributed by atoms with Crippen LogP contribution in [0.15, 0.2) is 24.8 Å². The number of aryl methyl sites for hydroxylation is 1. The number of allylic oxidation sites excluding steroid dienone is 1. The molecule has 0 spiro atoms. The molecular formula is C13H15FO2. The molecule has 1 aromatic rings. The highest BCUT2D eigenvalue weighted by atomic mass is 19.1. The largest absolute Gasteiger partial charge is 0.481 e. The highest BCUT2D eigenvalue weighted by Crippen LogP contribution is 2.22. The van der Waals surface area contributed by atoms with Crippen molar-refractivity contribution >= 4 is 11.5 Å². The van der Waals surface area contributed by atoms with Gasteiger partial charge in [-0.1, -0.05) is 18.7 Å². The van der Waals surface area contributed by atoms with Crippen LogP contribution >= 0.6 is 0 Å². The monoisotopic (exact) mass is 222 g/mol. The smallest absolute Gasteiger partial charge is 0.303 e. The van der Waals surface area contributed by atoms with Gasteiger partial charge < -0.3 is 5.11 Å². The molecule has 0 aliphatic heterocycles. The Balaban J connectivity index is 2.63. The Bertz CT molecular complexity index is 410. The van der Waals surface area contributed by atoms with Crippen LogP contribution in [0.4, 0.5) is 4.39 Å². The molecule has 16 heavy (non-hydrogen) atoms. The molecule has 0 atom stereocenters. The molecule has 0 saturated heterocycles. The molecule has 0 bridgehead atoms. The molecule has 0 aliphatic rings. The van der Waals surface area contributed by atoms with Gasteiger partial charge in [-0.3, -0.25) is 4.79 Å². The van der Waals surface area contributed by atoms with E-state index in [1.807, 2.05) is 13.0 Å². The van der Waals surface area contributed by atoms with Gasteiger partial charge in [0.1, 0.15) is 5.82 Å². The van der Waals surface area contributed by atoms with Gasteiger partial charge in [0.25, 0.3) is 0 Å². The van der Waals surface area contributed by atoms with Crippen molar-refractivity contribution < 1.29 is 14.3 Å². The molecule has 3 heteroatoms. The molecule has 1 N–H and O–H groups in total. The summed E-state index contributed by atoms with van der Waals surface area (Å²) in [6.45, 7) is 5.60. The number of carbonyl (C=O) groups is 1. The third-order valence-electron chi connectivity index (χ3n) is 2.37. The fourth-order valence-electron chi connectivity index (χ4n) is 1.49. The second-order valence-electron chi connectivity index (χ2n) is 3.83. The number of hydrogen-bond donors (Lipinski definition) is 1. The maximum absolute atomic E-state index is 13.5. The van der Waals surface area contributed by atoms with E-state index in [1.165, 1.54) is 6.07 Å². The Labute approximate surface area is 94.4 Å². The fraction of sp³-hybridized carbons (Fsp3) is 0.308. The Hall–Kier alpha value is -1.64. The van der Waals surface area contributed by atoms with Gasteiger partial charge in [-0.05, 0) is 37.0 Å². The Morgan fingerprint density at radius 2 is 2.12 bits per heavy atom. The number of rotatable bonds is 5. The predicted molar refractivity (Wildman–Crippen MR) is 61.7 cm³/mol. The summed E-state index contributed by atoms with van der Waals surface area (Å²) in [5.74, 6) is -1.13. The van der Waals surface area contributed by atoms with Crippen LogP contribution in [0.1, 0.15) is 30.4 Å². The van der Waals surface area contributed by atoms with Crippen LogP contribution in [-0.2, 0) is 4.79 Å². The first-order valence-electron chi connectivity index (χ1n) is 5.17. The van der Waals surface area contributed by atoms with E-state index in [1.54, 1.807) is 6.07 Å². The molecule has 0 radical (unpaired) electrons. The maximum atomic E-state index is 13.5. The van der Waals surface area contributed by atoms with E-state index >= 15 is 0 Å². The summed E-state index contributed by atoms with van der Waals surface area (Å²) in [6.07, 6.45) is 1.08. The molecule has 0 aromatic heterocycles. The molecule has 0 unspecified atom stereocenters. The van der Waals surface area contributed by atoms with Crippen LogP contribution in [0.2, 0.25) is 0 Å². The molecule has 0 amide bonds. The first-order valence-corrected chi connectivity index (χ1v) is 5.17. The highest BCUT2D eigenvalue weighted by Gasteiger charge is 2.06. The lowest BCUT2D eigenvalue weighted by molar-refractivity contribution is -0.137. The highest BCUT2D eigenvalue weighted by molar-refractivity contribution is 5.68. The number of hydrogen-bond acceptors (Lipinski definition) is 1. The summed E-state index contributed by atoms with van der Waals surface area (Å²) in [4.78, 5) is 10.3. The molecule has 0 fully saturated rings. The van der Waals surface area contributed by atoms with Crippen molar-refractivity contribution in [2.75, 3.05) is 0 Å². The lowest BCUT2D eigenvalue weighted by atomic mass is 10.0. The van der Waals surface area contributed by atoms with E-state index in [4.69, 9.17) is 5.11 Å². The van der Waals surface area contributed by atoms with Crippen molar-refractivity contribution in [1.29, 1.82) is 0 Å². The summed E-state index contributed by atoms with van der Waals surface area (Å²) in [5, 5.41) is 8.48. The van der Waals surface area contributed by atoms with Gasteiger partial charge in [-0.2, -0.15) is 0 Å². The van der Waals surface area contributed by atoms with Crippen LogP contribution < -0.4 is 0 Å². The van der Waals surface area contributed by atoms with Gasteiger partial charge in [0.05, 0.1) is 0 Å². The third kappa shape index (κ3) is 3.50. The molecule has 86 valence electrons. The topological polar surface area (TPSA) is 37.3 Å². The Morgan fingerprint density at radius 1 is 1.44 bits per heavy atom. The molecule has 0 heterocycles. The van der Waals surface area contributed by atoms with Crippen LogP contribution in [0.25, 0.3) is 5.57 Å². The molecule has 2 nitrogen and oxygen atoms in total. The summed E-state index contributed by atoms with van der Waals surface area (Å²) in [6, 6.07) is 4.96. The summed E-state index contributed by atoms with van der Waals surface area (Å²) in [7, 11) is 0. The number of carboxylic acids is 1. The van der Waals surface area contributed by atoms with Crippen molar-refractivity contribution in [1.82, 2.24) is 0 Å². The first-order chi connectivity index (χ1) is 7.50. The van der Waals surface area contributed by atoms with Crippen molar-refractivity contribution in [2.45, 2.75) is 26.2 Å². The number of benzene rings is 1. The average Bonchev–Trinajstić information content (AvgIpc) is 2.16. The Kier molecular flexibility index (Phi) is 4.23. The fourth-order valence-corrected chi connectivity index (χ4v) is 1.49. The van der Waals surface area contributed by atoms with Gasteiger partial charge in [0.15, 0.2) is 0 Å². The number of halogens is 1. The molecule has 0 aliphatic carbocycles. The third-order valence-corrected chi connectivity index (χ3v) is 2.37. The van der Waals surface area contributed by atoms with Gasteiger partial charge in [0, 0.05) is 12.0 Å². The average molecular weight is 222 g/mol. The van der Waals surface area contributed by atoms with Crippen LogP contribution in [0.3, 0.4) is 0 Å². The van der Waals surface area contributed by atoms with Gasteiger partial charge in [-0.25, -0.2) is 4.39 Å². The van der Waals surface area contributed by atoms with Gasteiger partial charge in [0.2, 0.25) is 0 Å². The van der Waals surface area contributed by atoms with E-state index in [2.05, 4.69) is 6.58 Å². The quantitative estimate of drug-likeness (QED) is 0.829. The standard InChI is InChI=1S/C13H15FO2/c1-9-6-7-11(12(14)8-9)10(2)4-3-5-13(15)16/h6-8H,2-5H2,1H3,(H,15,16). The van der Waals surface area contributed by atoms with Gasteiger partial charge in [-0.15, -0.1) is 0 Å². The lowest BCUT2D eigenvalue weighted by Gasteiger charge is -2.07. The lowest BCUT2D eigenvalue weighted by Crippen LogP contribution is -1.95. The minimum Gasteiger partial charge on any atom is -0.481 e. The van der Waals surface area contributed by atoms with Crippen molar-refractivity contribution in [3.63, 3.8) is 0 Å². The Morgan fingerprint density at radius 3 is 2.69 bits per heavy atom. The zero-order valence-electron chi connectivity index (χ0n) is 9.29. The van der Waals surface area contributed by atoms with Gasteiger partial charge >= 0.3 is 5.97 Å². The summed E-state index contributed by atoms with van der Waals surface area (Å²) >= 11 is 0. The zero-order valence-corrected chi connectivity index (χ0v) is 9.29. The second-order valence-corrected chi connectivity index (χ2v) is 3.83. The predicted octanol–water partition coefficient (Wildman–Crippen LogP) is 3.40. The normalized spacial score (nSPS) is 10.1. The van der Waals surface area contributed by atoms with Crippen LogP contribution in [0, 0.1) is 12.7 Å². The van der Waals surface area contributed by atoms with E-state index in [0.29, 0.717) is 24.0 Å². The van der Waals surface area contributed by atoms with Crippen LogP contribution in [0.5, 0.6) is 0 Å². The van der Waals surface area contributed by atoms with Crippen molar-refractivity contribution in [2.24, 2.45) is 0 Å². The minimum absolute atomic E-state index is 0.0898. The van der Waals surface area contributed by atoms with Crippen molar-refractivity contribution in [3.05, 3.63) is 41.7 Å². The first kappa shape index (κ1) is 12.4. The van der Waals surface area contributed by atoms with Crippen molar-refractivity contribution in [3.8, 4) is 0 Å². The molecule has 1 rings (SSSR count). The zero-order chi connectivity index (χ0) is 12.1. The van der Waals surface area contributed by atoms with E-state index < -0.39 is 5.97 Å². The molecule has 0 saturated carbocycles. The number of carboxylic acid groups (broad SMARTS) is 1. The molecule has 1 aromatic carbocycles. The maximum Gasteiger partial charge on any atom is 0.303 e. The van der Waals surface area contributed by atoms with E-state index in [0.717, 1.165) is 5.56 Å². The number of aliphatic carboxylic acids is 1. The summed E-state index contributed by atoms with van der Waals surface area (Å²) in [5.41, 5.74) is 1.99. The van der Waals surface area contributed by atoms with E-state index in [-0.39, 0.29) is 12.2 Å². The second kappa shape index (κ2) is 5.45. The minimum atomic E-state index is -0.836. The summed E-state index contributed by atoms with van der Waals surface area (Å²) < 4.78 is 13.5. The van der Waals surface area contributed by atoms with Crippen LogP contribution in [-0.4, -0.2) is 11.1 Å². The van der Waals surface area contributed by atoms with E-state index in [9.17, 15) is 9.18 Å².